The predicted molar refractivity (Wildman–Crippen MR) is 227 cm³/mol. The molecule has 0 radical (unpaired) electrons. The van der Waals surface area contributed by atoms with Crippen molar-refractivity contribution in [1.29, 1.82) is 0 Å². The number of furan rings is 1. The average molecular weight is 702 g/mol. The van der Waals surface area contributed by atoms with E-state index in [4.69, 9.17) is 19.4 Å². The summed E-state index contributed by atoms with van der Waals surface area (Å²) in [5, 5.41) is 9.09. The molecule has 4 nitrogen and oxygen atoms in total. The molecule has 0 amide bonds. The van der Waals surface area contributed by atoms with E-state index in [0.717, 1.165) is 60.2 Å². The lowest BCUT2D eigenvalue weighted by molar-refractivity contribution is 0.669. The molecule has 0 atom stereocenters. The van der Waals surface area contributed by atoms with Crippen LogP contribution in [-0.2, 0) is 0 Å². The van der Waals surface area contributed by atoms with Crippen LogP contribution in [0.5, 0.6) is 0 Å². The average Bonchev–Trinajstić information content (AvgIpc) is 3.62. The van der Waals surface area contributed by atoms with Crippen LogP contribution >= 0.6 is 0 Å². The van der Waals surface area contributed by atoms with Gasteiger partial charge in [0.25, 0.3) is 0 Å². The zero-order valence-corrected chi connectivity index (χ0v) is 29.6. The lowest BCUT2D eigenvalue weighted by atomic mass is 9.95. The highest BCUT2D eigenvalue weighted by atomic mass is 16.3. The number of hydrogen-bond acceptors (Lipinski definition) is 4. The summed E-state index contributed by atoms with van der Waals surface area (Å²) in [6.07, 6.45) is 0. The highest BCUT2D eigenvalue weighted by molar-refractivity contribution is 6.15. The third-order valence-corrected chi connectivity index (χ3v) is 10.6. The van der Waals surface area contributed by atoms with E-state index in [2.05, 4.69) is 146 Å². The number of hydrogen-bond donors (Lipinski definition) is 0. The Labute approximate surface area is 317 Å². The van der Waals surface area contributed by atoms with Crippen LogP contribution in [0.3, 0.4) is 0 Å². The monoisotopic (exact) mass is 701 g/mol. The molecule has 0 aliphatic rings. The minimum absolute atomic E-state index is 0.604. The van der Waals surface area contributed by atoms with Gasteiger partial charge in [0.1, 0.15) is 11.2 Å². The van der Waals surface area contributed by atoms with Gasteiger partial charge in [0.05, 0.1) is 0 Å². The van der Waals surface area contributed by atoms with Crippen LogP contribution in [0.2, 0.25) is 0 Å². The van der Waals surface area contributed by atoms with E-state index < -0.39 is 0 Å². The van der Waals surface area contributed by atoms with Crippen molar-refractivity contribution < 1.29 is 4.42 Å². The Bertz CT molecular complexity index is 3270. The fourth-order valence-corrected chi connectivity index (χ4v) is 7.85. The minimum Gasteiger partial charge on any atom is -0.456 e. The molecule has 0 unspecified atom stereocenters. The summed E-state index contributed by atoms with van der Waals surface area (Å²) >= 11 is 0. The van der Waals surface area contributed by atoms with Gasteiger partial charge in [-0.2, -0.15) is 0 Å². The fraction of sp³-hybridized carbons (Fsp3) is 0. The molecular formula is C51H31N3O. The Morgan fingerprint density at radius 3 is 1.51 bits per heavy atom. The van der Waals surface area contributed by atoms with Crippen LogP contribution in [-0.4, -0.2) is 15.0 Å². The highest BCUT2D eigenvalue weighted by Crippen LogP contribution is 2.39. The topological polar surface area (TPSA) is 51.8 Å². The third kappa shape index (κ3) is 5.51. The molecule has 256 valence electrons. The molecular weight excluding hydrogens is 671 g/mol. The summed E-state index contributed by atoms with van der Waals surface area (Å²) in [6, 6.07) is 66.0. The van der Waals surface area contributed by atoms with Gasteiger partial charge in [0.2, 0.25) is 0 Å². The van der Waals surface area contributed by atoms with Crippen molar-refractivity contribution in [2.45, 2.75) is 0 Å². The quantitative estimate of drug-likeness (QED) is 0.179. The molecule has 2 aromatic heterocycles. The summed E-state index contributed by atoms with van der Waals surface area (Å²) < 4.78 is 6.42. The Morgan fingerprint density at radius 2 is 0.782 bits per heavy atom. The molecule has 2 heterocycles. The molecule has 0 N–H and O–H groups in total. The van der Waals surface area contributed by atoms with Gasteiger partial charge >= 0.3 is 0 Å². The lowest BCUT2D eigenvalue weighted by Crippen LogP contribution is -2.00. The Kier molecular flexibility index (Phi) is 7.14. The van der Waals surface area contributed by atoms with Crippen molar-refractivity contribution in [1.82, 2.24) is 15.0 Å². The molecule has 0 fully saturated rings. The molecule has 11 aromatic rings. The second-order valence-electron chi connectivity index (χ2n) is 14.1. The molecule has 0 aliphatic carbocycles. The first kappa shape index (κ1) is 31.1. The second-order valence-corrected chi connectivity index (χ2v) is 14.1. The van der Waals surface area contributed by atoms with Crippen LogP contribution in [0.1, 0.15) is 0 Å². The van der Waals surface area contributed by atoms with Gasteiger partial charge in [-0.1, -0.05) is 146 Å². The number of rotatable bonds is 5. The summed E-state index contributed by atoms with van der Waals surface area (Å²) in [5.41, 5.74) is 9.17. The highest BCUT2D eigenvalue weighted by Gasteiger charge is 2.18. The van der Waals surface area contributed by atoms with Gasteiger partial charge < -0.3 is 4.42 Å². The summed E-state index contributed by atoms with van der Waals surface area (Å²) in [5.74, 6) is 1.85. The summed E-state index contributed by atoms with van der Waals surface area (Å²) in [7, 11) is 0. The number of nitrogens with zero attached hydrogens (tertiary/aromatic N) is 3. The van der Waals surface area contributed by atoms with Crippen molar-refractivity contribution in [3.05, 3.63) is 188 Å². The fourth-order valence-electron chi connectivity index (χ4n) is 7.85. The van der Waals surface area contributed by atoms with Crippen molar-refractivity contribution >= 4 is 54.3 Å². The normalized spacial score (nSPS) is 11.6. The van der Waals surface area contributed by atoms with Crippen molar-refractivity contribution in [2.75, 3.05) is 0 Å². The summed E-state index contributed by atoms with van der Waals surface area (Å²) in [6.45, 7) is 0. The SMILES string of the molecule is c1ccc(-c2nc(-c3ccc4cc(-c5cccc(-c6ccc7ccccc7c6)c5)ccc4c3)nc(-c3cccc4oc5cc6ccccc6cc5c34)n2)cc1. The van der Waals surface area contributed by atoms with Crippen LogP contribution in [0.4, 0.5) is 0 Å². The number of benzene rings is 9. The number of fused-ring (bicyclic) bond motifs is 6. The van der Waals surface area contributed by atoms with Crippen LogP contribution in [0.25, 0.3) is 111 Å². The largest absolute Gasteiger partial charge is 0.456 e. The maximum absolute atomic E-state index is 6.42. The molecule has 4 heteroatoms. The van der Waals surface area contributed by atoms with Gasteiger partial charge in [-0.05, 0) is 97.0 Å². The van der Waals surface area contributed by atoms with Crippen LogP contribution in [0, 0.1) is 0 Å². The van der Waals surface area contributed by atoms with E-state index in [9.17, 15) is 0 Å². The van der Waals surface area contributed by atoms with Gasteiger partial charge in [-0.15, -0.1) is 0 Å². The Hall–Kier alpha value is -7.43. The molecule has 0 aliphatic heterocycles. The first-order valence-corrected chi connectivity index (χ1v) is 18.5. The first-order chi connectivity index (χ1) is 27.2. The zero-order valence-electron chi connectivity index (χ0n) is 29.6. The van der Waals surface area contributed by atoms with E-state index in [0.29, 0.717) is 17.5 Å². The van der Waals surface area contributed by atoms with Gasteiger partial charge in [-0.25, -0.2) is 15.0 Å². The smallest absolute Gasteiger partial charge is 0.164 e. The van der Waals surface area contributed by atoms with E-state index in [1.54, 1.807) is 0 Å². The predicted octanol–water partition coefficient (Wildman–Crippen LogP) is 13.6. The molecule has 9 aromatic carbocycles. The minimum atomic E-state index is 0.604. The van der Waals surface area contributed by atoms with E-state index in [1.165, 1.54) is 33.0 Å². The van der Waals surface area contributed by atoms with Crippen LogP contribution in [0.15, 0.2) is 192 Å². The zero-order chi connectivity index (χ0) is 36.3. The third-order valence-electron chi connectivity index (χ3n) is 10.6. The molecule has 11 rings (SSSR count). The molecule has 0 saturated heterocycles. The van der Waals surface area contributed by atoms with Crippen LogP contribution < -0.4 is 0 Å². The second kappa shape index (κ2) is 12.6. The lowest BCUT2D eigenvalue weighted by Gasteiger charge is -2.11. The van der Waals surface area contributed by atoms with Crippen molar-refractivity contribution in [3.8, 4) is 56.4 Å². The molecule has 0 bridgehead atoms. The van der Waals surface area contributed by atoms with Gasteiger partial charge in [-0.3, -0.25) is 0 Å². The standard InChI is InChI=1S/C51H31N3O/c1-2-11-33(12-3-1)49-52-50(54-51(53-49)44-18-9-19-46-48(44)45-30-37-14-6-7-15-38(37)31-47(45)55-46)43-25-24-41-28-40(22-23-42(41)29-43)36-17-8-16-35(27-36)39-21-20-32-10-4-5-13-34(32)26-39/h1-31H. The van der Waals surface area contributed by atoms with E-state index in [1.807, 2.05) is 42.5 Å². The number of aromatic nitrogens is 3. The molecule has 0 spiro atoms. The first-order valence-electron chi connectivity index (χ1n) is 18.5. The Morgan fingerprint density at radius 1 is 0.291 bits per heavy atom. The van der Waals surface area contributed by atoms with Gasteiger partial charge in [0, 0.05) is 27.5 Å². The van der Waals surface area contributed by atoms with Crippen molar-refractivity contribution in [2.24, 2.45) is 0 Å². The maximum Gasteiger partial charge on any atom is 0.164 e. The van der Waals surface area contributed by atoms with E-state index >= 15 is 0 Å². The molecule has 55 heavy (non-hydrogen) atoms. The maximum atomic E-state index is 6.42. The van der Waals surface area contributed by atoms with Crippen molar-refractivity contribution in [3.63, 3.8) is 0 Å². The van der Waals surface area contributed by atoms with E-state index in [-0.39, 0.29) is 0 Å². The Balaban J connectivity index is 1.01. The van der Waals surface area contributed by atoms with Gasteiger partial charge in [0.15, 0.2) is 17.5 Å². The molecule has 0 saturated carbocycles. The summed E-state index contributed by atoms with van der Waals surface area (Å²) in [4.78, 5) is 15.3.